The molecule has 3 heterocycles. The number of benzene rings is 1. The van der Waals surface area contributed by atoms with Crippen LogP contribution in [0.4, 0.5) is 0 Å². The third-order valence-corrected chi connectivity index (χ3v) is 5.43. The highest BCUT2D eigenvalue weighted by atomic mass is 16.5. The number of Topliss-reactive ketones (excluding diaryl/α,β-unsaturated/α-hetero) is 1. The van der Waals surface area contributed by atoms with Crippen molar-refractivity contribution in [2.75, 3.05) is 33.3 Å². The van der Waals surface area contributed by atoms with Gasteiger partial charge in [-0.25, -0.2) is 0 Å². The SMILES string of the molecule is C=Cc1ncc(OC)c2c(C(=O)C(=O)N3CCN(C(=O)c4ccccc4)CC3)c[nH]c12. The van der Waals surface area contributed by atoms with E-state index in [4.69, 9.17) is 4.74 Å². The number of piperazine rings is 1. The maximum Gasteiger partial charge on any atom is 0.295 e. The minimum Gasteiger partial charge on any atom is -0.494 e. The van der Waals surface area contributed by atoms with Crippen LogP contribution in [0.15, 0.2) is 49.3 Å². The van der Waals surface area contributed by atoms with E-state index in [2.05, 4.69) is 16.5 Å². The Labute approximate surface area is 179 Å². The minimum atomic E-state index is -0.631. The summed E-state index contributed by atoms with van der Waals surface area (Å²) in [6.45, 7) is 5.05. The number of nitrogens with one attached hydrogen (secondary N) is 1. The first-order valence-corrected chi connectivity index (χ1v) is 9.89. The molecule has 2 amide bonds. The summed E-state index contributed by atoms with van der Waals surface area (Å²) in [6.07, 6.45) is 4.57. The molecule has 31 heavy (non-hydrogen) atoms. The van der Waals surface area contributed by atoms with E-state index < -0.39 is 11.7 Å². The highest BCUT2D eigenvalue weighted by molar-refractivity contribution is 6.45. The minimum absolute atomic E-state index is 0.0788. The van der Waals surface area contributed by atoms with Crippen molar-refractivity contribution >= 4 is 34.6 Å². The Morgan fingerprint density at radius 3 is 2.42 bits per heavy atom. The number of rotatable bonds is 5. The van der Waals surface area contributed by atoms with Crippen molar-refractivity contribution < 1.29 is 19.1 Å². The largest absolute Gasteiger partial charge is 0.494 e. The Kier molecular flexibility index (Phi) is 5.53. The predicted octanol–water partition coefficient (Wildman–Crippen LogP) is 2.38. The number of ketones is 1. The van der Waals surface area contributed by atoms with Crippen LogP contribution in [0, 0.1) is 0 Å². The number of hydrogen-bond donors (Lipinski definition) is 1. The zero-order chi connectivity index (χ0) is 22.0. The van der Waals surface area contributed by atoms with E-state index in [1.54, 1.807) is 23.1 Å². The van der Waals surface area contributed by atoms with Gasteiger partial charge in [0.05, 0.1) is 35.5 Å². The van der Waals surface area contributed by atoms with Crippen molar-refractivity contribution in [3.63, 3.8) is 0 Å². The van der Waals surface area contributed by atoms with Crippen molar-refractivity contribution in [3.8, 4) is 5.75 Å². The van der Waals surface area contributed by atoms with Crippen molar-refractivity contribution in [2.45, 2.75) is 0 Å². The molecular weight excluding hydrogens is 396 g/mol. The summed E-state index contributed by atoms with van der Waals surface area (Å²) >= 11 is 0. The molecule has 1 fully saturated rings. The van der Waals surface area contributed by atoms with Crippen LogP contribution in [-0.4, -0.2) is 70.7 Å². The number of hydrogen-bond acceptors (Lipinski definition) is 5. The first-order chi connectivity index (χ1) is 15.0. The number of methoxy groups -OCH3 is 1. The second-order valence-electron chi connectivity index (χ2n) is 7.15. The normalized spacial score (nSPS) is 13.8. The van der Waals surface area contributed by atoms with Gasteiger partial charge in [-0.3, -0.25) is 19.4 Å². The molecule has 1 saturated heterocycles. The van der Waals surface area contributed by atoms with Crippen LogP contribution in [-0.2, 0) is 4.79 Å². The van der Waals surface area contributed by atoms with Gasteiger partial charge < -0.3 is 19.5 Å². The van der Waals surface area contributed by atoms with Gasteiger partial charge in [0.2, 0.25) is 0 Å². The Morgan fingerprint density at radius 2 is 1.77 bits per heavy atom. The molecule has 0 unspecified atom stereocenters. The van der Waals surface area contributed by atoms with Gasteiger partial charge >= 0.3 is 0 Å². The maximum absolute atomic E-state index is 13.0. The average Bonchev–Trinajstić information content (AvgIpc) is 3.28. The van der Waals surface area contributed by atoms with Gasteiger partial charge in [-0.15, -0.1) is 0 Å². The highest BCUT2D eigenvalue weighted by Crippen LogP contribution is 2.31. The second-order valence-corrected chi connectivity index (χ2v) is 7.15. The summed E-state index contributed by atoms with van der Waals surface area (Å²) in [4.78, 5) is 49.0. The number of carbonyl (C=O) groups is 3. The lowest BCUT2D eigenvalue weighted by Gasteiger charge is -2.34. The van der Waals surface area contributed by atoms with Gasteiger partial charge in [0.25, 0.3) is 17.6 Å². The third kappa shape index (κ3) is 3.68. The average molecular weight is 418 g/mol. The van der Waals surface area contributed by atoms with Gasteiger partial charge in [-0.2, -0.15) is 0 Å². The summed E-state index contributed by atoms with van der Waals surface area (Å²) in [5, 5.41) is 0.503. The molecule has 1 aliphatic heterocycles. The molecule has 1 aromatic carbocycles. The van der Waals surface area contributed by atoms with E-state index in [0.717, 1.165) is 0 Å². The Balaban J connectivity index is 1.50. The molecule has 0 atom stereocenters. The zero-order valence-electron chi connectivity index (χ0n) is 17.1. The summed E-state index contributed by atoms with van der Waals surface area (Å²) in [5.74, 6) is -0.915. The van der Waals surface area contributed by atoms with Crippen LogP contribution in [0.25, 0.3) is 17.0 Å². The molecule has 3 aromatic rings. The van der Waals surface area contributed by atoms with Crippen LogP contribution in [0.3, 0.4) is 0 Å². The smallest absolute Gasteiger partial charge is 0.295 e. The summed E-state index contributed by atoms with van der Waals surface area (Å²) in [6, 6.07) is 9.01. The van der Waals surface area contributed by atoms with E-state index in [1.807, 2.05) is 18.2 Å². The van der Waals surface area contributed by atoms with Gasteiger partial charge in [-0.05, 0) is 18.2 Å². The topological polar surface area (TPSA) is 95.6 Å². The fraction of sp³-hybridized carbons (Fsp3) is 0.217. The molecule has 4 rings (SSSR count). The third-order valence-electron chi connectivity index (χ3n) is 5.43. The number of nitrogens with zero attached hydrogens (tertiary/aromatic N) is 3. The van der Waals surface area contributed by atoms with Crippen molar-refractivity contribution in [1.29, 1.82) is 0 Å². The first kappa shape index (κ1) is 20.3. The molecule has 0 radical (unpaired) electrons. The Morgan fingerprint density at radius 1 is 1.10 bits per heavy atom. The standard InChI is InChI=1S/C23H22N4O4/c1-3-17-20-19(18(31-2)14-24-17)16(13-25-20)21(28)23(30)27-11-9-26(10-12-27)22(29)15-7-5-4-6-8-15/h3-8,13-14,25H,1,9-12H2,2H3. The molecule has 0 spiro atoms. The van der Waals surface area contributed by atoms with Crippen LogP contribution in [0.2, 0.25) is 0 Å². The number of pyridine rings is 1. The number of H-pyrrole nitrogens is 1. The number of carbonyl (C=O) groups excluding carboxylic acids is 3. The molecule has 8 heteroatoms. The maximum atomic E-state index is 13.0. The van der Waals surface area contributed by atoms with E-state index in [-0.39, 0.29) is 11.5 Å². The summed E-state index contributed by atoms with van der Waals surface area (Å²) < 4.78 is 5.35. The number of amides is 2. The van der Waals surface area contributed by atoms with Gasteiger partial charge in [0, 0.05) is 37.9 Å². The monoisotopic (exact) mass is 418 g/mol. The molecule has 2 aromatic heterocycles. The van der Waals surface area contributed by atoms with Gasteiger partial charge in [0.15, 0.2) is 0 Å². The number of aromatic nitrogens is 2. The van der Waals surface area contributed by atoms with Crippen molar-refractivity contribution in [2.24, 2.45) is 0 Å². The lowest BCUT2D eigenvalue weighted by Crippen LogP contribution is -2.52. The van der Waals surface area contributed by atoms with Crippen LogP contribution in [0.1, 0.15) is 26.4 Å². The predicted molar refractivity (Wildman–Crippen MR) is 116 cm³/mol. The number of ether oxygens (including phenoxy) is 1. The first-order valence-electron chi connectivity index (χ1n) is 9.89. The molecule has 1 N–H and O–H groups in total. The zero-order valence-corrected chi connectivity index (χ0v) is 17.1. The lowest BCUT2D eigenvalue weighted by atomic mass is 10.1. The van der Waals surface area contributed by atoms with E-state index in [1.165, 1.54) is 24.4 Å². The lowest BCUT2D eigenvalue weighted by molar-refractivity contribution is -0.127. The molecule has 8 nitrogen and oxygen atoms in total. The van der Waals surface area contributed by atoms with Crippen LogP contribution >= 0.6 is 0 Å². The highest BCUT2D eigenvalue weighted by Gasteiger charge is 2.31. The fourth-order valence-corrected chi connectivity index (χ4v) is 3.76. The summed E-state index contributed by atoms with van der Waals surface area (Å²) in [7, 11) is 1.48. The molecular formula is C23H22N4O4. The van der Waals surface area contributed by atoms with Crippen molar-refractivity contribution in [3.05, 3.63) is 66.1 Å². The molecule has 158 valence electrons. The van der Waals surface area contributed by atoms with Crippen LogP contribution < -0.4 is 4.74 Å². The van der Waals surface area contributed by atoms with Crippen molar-refractivity contribution in [1.82, 2.24) is 19.8 Å². The summed E-state index contributed by atoms with van der Waals surface area (Å²) in [5.41, 5.74) is 1.99. The number of aromatic amines is 1. The van der Waals surface area contributed by atoms with Crippen LogP contribution in [0.5, 0.6) is 5.75 Å². The van der Waals surface area contributed by atoms with E-state index in [0.29, 0.717) is 54.1 Å². The number of fused-ring (bicyclic) bond motifs is 1. The fourth-order valence-electron chi connectivity index (χ4n) is 3.76. The van der Waals surface area contributed by atoms with Gasteiger partial charge in [-0.1, -0.05) is 24.8 Å². The van der Waals surface area contributed by atoms with Gasteiger partial charge in [0.1, 0.15) is 5.75 Å². The quantitative estimate of drug-likeness (QED) is 0.507. The molecule has 0 bridgehead atoms. The molecule has 1 aliphatic rings. The second kappa shape index (κ2) is 8.43. The Bertz CT molecular complexity index is 1160. The molecule has 0 aliphatic carbocycles. The van der Waals surface area contributed by atoms with E-state index >= 15 is 0 Å². The molecule has 0 saturated carbocycles. The van der Waals surface area contributed by atoms with E-state index in [9.17, 15) is 14.4 Å². The Hall–Kier alpha value is -3.94.